The Balaban J connectivity index is 2.30. The molecule has 0 bridgehead atoms. The summed E-state index contributed by atoms with van der Waals surface area (Å²) in [5.74, 6) is 0.834. The van der Waals surface area contributed by atoms with Crippen LogP contribution in [-0.4, -0.2) is 11.0 Å². The number of anilines is 1. The van der Waals surface area contributed by atoms with Crippen LogP contribution in [0, 0.1) is 6.92 Å². The number of nitrogens with one attached hydrogen (secondary N) is 1. The Hall–Kier alpha value is -1.29. The Labute approximate surface area is 93.2 Å². The second kappa shape index (κ2) is 4.06. The maximum absolute atomic E-state index is 5.34. The molecule has 0 amide bonds. The van der Waals surface area contributed by atoms with Crippen molar-refractivity contribution in [2.24, 2.45) is 0 Å². The van der Waals surface area contributed by atoms with Crippen molar-refractivity contribution in [3.63, 3.8) is 0 Å². The third-order valence-electron chi connectivity index (χ3n) is 1.96. The minimum atomic E-state index is 0.403. The van der Waals surface area contributed by atoms with Gasteiger partial charge in [-0.15, -0.1) is 11.3 Å². The van der Waals surface area contributed by atoms with Gasteiger partial charge in [-0.1, -0.05) is 0 Å². The van der Waals surface area contributed by atoms with Crippen LogP contribution in [0.15, 0.2) is 22.8 Å². The zero-order chi connectivity index (χ0) is 10.8. The monoisotopic (exact) mass is 222 g/mol. The summed E-state index contributed by atoms with van der Waals surface area (Å²) in [6, 6.07) is 4.21. The fourth-order valence-corrected chi connectivity index (χ4v) is 2.31. The predicted molar refractivity (Wildman–Crippen MR) is 63.3 cm³/mol. The molecule has 2 aromatic rings. The lowest BCUT2D eigenvalue weighted by atomic mass is 10.3. The minimum absolute atomic E-state index is 0.403. The lowest BCUT2D eigenvalue weighted by Gasteiger charge is -2.03. The summed E-state index contributed by atoms with van der Waals surface area (Å²) in [5, 5.41) is 4.25. The van der Waals surface area contributed by atoms with Crippen molar-refractivity contribution in [3.8, 4) is 11.5 Å². The van der Waals surface area contributed by atoms with Crippen molar-refractivity contribution in [1.29, 1.82) is 0 Å². The molecule has 80 valence electrons. The molecule has 0 aromatic carbocycles. The van der Waals surface area contributed by atoms with Gasteiger partial charge in [0.05, 0.1) is 6.26 Å². The summed E-state index contributed by atoms with van der Waals surface area (Å²) in [7, 11) is 0. The first-order chi connectivity index (χ1) is 7.16. The summed E-state index contributed by atoms with van der Waals surface area (Å²) < 4.78 is 5.34. The van der Waals surface area contributed by atoms with E-state index < -0.39 is 0 Å². The molecule has 0 radical (unpaired) electrons. The Bertz CT molecular complexity index is 431. The molecule has 0 saturated carbocycles. The van der Waals surface area contributed by atoms with Gasteiger partial charge in [-0.25, -0.2) is 4.98 Å². The molecule has 1 N–H and O–H groups in total. The topological polar surface area (TPSA) is 38.1 Å². The standard InChI is InChI=1S/C11H14N2OS/c1-7(2)12-11-13-10(8(3)15-11)9-5-4-6-14-9/h4-7H,1-3H3,(H,12,13). The van der Waals surface area contributed by atoms with E-state index in [1.54, 1.807) is 17.6 Å². The van der Waals surface area contributed by atoms with Crippen molar-refractivity contribution >= 4 is 16.5 Å². The summed E-state index contributed by atoms with van der Waals surface area (Å²) in [6.07, 6.45) is 1.67. The second-order valence-corrected chi connectivity index (χ2v) is 4.90. The highest BCUT2D eigenvalue weighted by molar-refractivity contribution is 7.16. The zero-order valence-corrected chi connectivity index (χ0v) is 9.89. The number of hydrogen-bond donors (Lipinski definition) is 1. The number of nitrogens with zero attached hydrogens (tertiary/aromatic N) is 1. The molecule has 2 heterocycles. The van der Waals surface area contributed by atoms with Crippen molar-refractivity contribution in [2.75, 3.05) is 5.32 Å². The quantitative estimate of drug-likeness (QED) is 0.863. The van der Waals surface area contributed by atoms with Crippen LogP contribution in [0.3, 0.4) is 0 Å². The number of aryl methyl sites for hydroxylation is 1. The summed E-state index contributed by atoms with van der Waals surface area (Å²) >= 11 is 1.66. The average molecular weight is 222 g/mol. The average Bonchev–Trinajstić information content (AvgIpc) is 2.72. The van der Waals surface area contributed by atoms with Crippen LogP contribution in [0.4, 0.5) is 5.13 Å². The van der Waals surface area contributed by atoms with Crippen molar-refractivity contribution in [2.45, 2.75) is 26.8 Å². The second-order valence-electron chi connectivity index (χ2n) is 3.70. The van der Waals surface area contributed by atoms with Gasteiger partial charge in [-0.2, -0.15) is 0 Å². The van der Waals surface area contributed by atoms with Crippen molar-refractivity contribution in [1.82, 2.24) is 4.98 Å². The van der Waals surface area contributed by atoms with E-state index in [1.165, 1.54) is 4.88 Å². The van der Waals surface area contributed by atoms with Crippen LogP contribution in [-0.2, 0) is 0 Å². The molecule has 2 rings (SSSR count). The highest BCUT2D eigenvalue weighted by Crippen LogP contribution is 2.30. The van der Waals surface area contributed by atoms with Crippen LogP contribution < -0.4 is 5.32 Å². The van der Waals surface area contributed by atoms with E-state index in [0.29, 0.717) is 6.04 Å². The van der Waals surface area contributed by atoms with Gasteiger partial charge < -0.3 is 9.73 Å². The van der Waals surface area contributed by atoms with Gasteiger partial charge in [0.1, 0.15) is 5.69 Å². The molecule has 0 aliphatic rings. The van der Waals surface area contributed by atoms with Gasteiger partial charge in [0.2, 0.25) is 0 Å². The van der Waals surface area contributed by atoms with E-state index in [-0.39, 0.29) is 0 Å². The number of rotatable bonds is 3. The molecule has 0 aliphatic heterocycles. The van der Waals surface area contributed by atoms with Gasteiger partial charge in [-0.05, 0) is 32.9 Å². The maximum atomic E-state index is 5.34. The van der Waals surface area contributed by atoms with E-state index in [9.17, 15) is 0 Å². The first-order valence-corrected chi connectivity index (χ1v) is 5.76. The van der Waals surface area contributed by atoms with Gasteiger partial charge >= 0.3 is 0 Å². The van der Waals surface area contributed by atoms with E-state index in [4.69, 9.17) is 4.42 Å². The van der Waals surface area contributed by atoms with Crippen molar-refractivity contribution < 1.29 is 4.42 Å². The van der Waals surface area contributed by atoms with Gasteiger partial charge in [0.25, 0.3) is 0 Å². The zero-order valence-electron chi connectivity index (χ0n) is 9.07. The summed E-state index contributed by atoms with van der Waals surface area (Å²) in [5.41, 5.74) is 0.938. The normalized spacial score (nSPS) is 10.9. The van der Waals surface area contributed by atoms with Crippen LogP contribution in [0.1, 0.15) is 18.7 Å². The molecule has 2 aromatic heterocycles. The lowest BCUT2D eigenvalue weighted by molar-refractivity contribution is 0.580. The molecule has 0 atom stereocenters. The Morgan fingerprint density at radius 3 is 2.87 bits per heavy atom. The molecular weight excluding hydrogens is 208 g/mol. The molecule has 0 unspecified atom stereocenters. The molecule has 0 fully saturated rings. The largest absolute Gasteiger partial charge is 0.463 e. The maximum Gasteiger partial charge on any atom is 0.183 e. The third-order valence-corrected chi connectivity index (χ3v) is 2.87. The molecule has 0 spiro atoms. The Kier molecular flexibility index (Phi) is 2.77. The molecular formula is C11H14N2OS. The van der Waals surface area contributed by atoms with Crippen molar-refractivity contribution in [3.05, 3.63) is 23.3 Å². The van der Waals surface area contributed by atoms with Crippen LogP contribution in [0.5, 0.6) is 0 Å². The first-order valence-electron chi connectivity index (χ1n) is 4.94. The number of furan rings is 1. The fraction of sp³-hybridized carbons (Fsp3) is 0.364. The Morgan fingerprint density at radius 2 is 2.27 bits per heavy atom. The Morgan fingerprint density at radius 1 is 1.47 bits per heavy atom. The minimum Gasteiger partial charge on any atom is -0.463 e. The smallest absolute Gasteiger partial charge is 0.183 e. The third kappa shape index (κ3) is 2.21. The van der Waals surface area contributed by atoms with Crippen LogP contribution in [0.25, 0.3) is 11.5 Å². The lowest BCUT2D eigenvalue weighted by Crippen LogP contribution is -2.08. The summed E-state index contributed by atoms with van der Waals surface area (Å²) in [6.45, 7) is 6.26. The molecule has 0 aliphatic carbocycles. The van der Waals surface area contributed by atoms with E-state index in [2.05, 4.69) is 31.1 Å². The molecule has 0 saturated heterocycles. The highest BCUT2D eigenvalue weighted by atomic mass is 32.1. The number of hydrogen-bond acceptors (Lipinski definition) is 4. The SMILES string of the molecule is Cc1sc(NC(C)C)nc1-c1ccco1. The van der Waals surface area contributed by atoms with Gasteiger partial charge in [-0.3, -0.25) is 0 Å². The first kappa shape index (κ1) is 10.2. The predicted octanol–water partition coefficient (Wildman–Crippen LogP) is 3.53. The molecule has 15 heavy (non-hydrogen) atoms. The van der Waals surface area contributed by atoms with Crippen LogP contribution >= 0.6 is 11.3 Å². The molecule has 4 heteroatoms. The number of aromatic nitrogens is 1. The van der Waals surface area contributed by atoms with Gasteiger partial charge in [0, 0.05) is 10.9 Å². The highest BCUT2D eigenvalue weighted by Gasteiger charge is 2.11. The number of thiazole rings is 1. The molecule has 3 nitrogen and oxygen atoms in total. The van der Waals surface area contributed by atoms with E-state index in [0.717, 1.165) is 16.6 Å². The summed E-state index contributed by atoms with van der Waals surface area (Å²) in [4.78, 5) is 5.68. The van der Waals surface area contributed by atoms with Crippen LogP contribution in [0.2, 0.25) is 0 Å². The van der Waals surface area contributed by atoms with Gasteiger partial charge in [0.15, 0.2) is 10.9 Å². The fourth-order valence-electron chi connectivity index (χ4n) is 1.35. The van der Waals surface area contributed by atoms with E-state index in [1.807, 2.05) is 12.1 Å². The van der Waals surface area contributed by atoms with E-state index >= 15 is 0 Å².